The Kier molecular flexibility index (Phi) is 4.98. The van der Waals surface area contributed by atoms with E-state index in [0.29, 0.717) is 19.5 Å². The Hall–Kier alpha value is -1.36. The van der Waals surface area contributed by atoms with E-state index in [4.69, 9.17) is 4.52 Å². The summed E-state index contributed by atoms with van der Waals surface area (Å²) in [5.41, 5.74) is 0.874. The number of hydrogen-bond acceptors (Lipinski definition) is 5. The molecule has 1 aromatic rings. The molecule has 0 saturated carbocycles. The number of aromatic nitrogens is 1. The average molecular weight is 226 g/mol. The number of nitrogens with zero attached hydrogens (tertiary/aromatic N) is 2. The van der Waals surface area contributed by atoms with Gasteiger partial charge >= 0.3 is 5.97 Å². The molecule has 0 aliphatic rings. The van der Waals surface area contributed by atoms with E-state index >= 15 is 0 Å². The number of carbonyl (C=O) groups excluding carboxylic acids is 1. The van der Waals surface area contributed by atoms with Crippen molar-refractivity contribution in [1.82, 2.24) is 10.1 Å². The first-order valence-electron chi connectivity index (χ1n) is 5.37. The van der Waals surface area contributed by atoms with Crippen molar-refractivity contribution in [3.8, 4) is 0 Å². The van der Waals surface area contributed by atoms with Crippen molar-refractivity contribution in [3.63, 3.8) is 0 Å². The Labute approximate surface area is 95.4 Å². The van der Waals surface area contributed by atoms with Gasteiger partial charge in [-0.25, -0.2) is 0 Å². The molecule has 5 heteroatoms. The molecule has 0 amide bonds. The highest BCUT2D eigenvalue weighted by atomic mass is 16.5. The summed E-state index contributed by atoms with van der Waals surface area (Å²) in [5.74, 6) is 0.636. The molecule has 0 fully saturated rings. The lowest BCUT2D eigenvalue weighted by molar-refractivity contribution is -0.141. The van der Waals surface area contributed by atoms with Gasteiger partial charge in [-0.15, -0.1) is 0 Å². The van der Waals surface area contributed by atoms with Gasteiger partial charge in [-0.05, 0) is 13.5 Å². The lowest BCUT2D eigenvalue weighted by atomic mass is 10.3. The first-order chi connectivity index (χ1) is 7.65. The number of rotatable bonds is 6. The van der Waals surface area contributed by atoms with E-state index in [0.717, 1.165) is 18.0 Å². The lowest BCUT2D eigenvalue weighted by Gasteiger charge is -2.17. The standard InChI is InChI=1S/C11H18N2O3/c1-4-13(6-5-11(14)15-3)8-10-7-9(2)12-16-10/h7H,4-6,8H2,1-3H3. The van der Waals surface area contributed by atoms with Crippen LogP contribution in [0.4, 0.5) is 0 Å². The van der Waals surface area contributed by atoms with Crippen LogP contribution in [0.5, 0.6) is 0 Å². The summed E-state index contributed by atoms with van der Waals surface area (Å²) in [4.78, 5) is 13.1. The van der Waals surface area contributed by atoms with Gasteiger partial charge in [0.1, 0.15) is 0 Å². The molecule has 16 heavy (non-hydrogen) atoms. The van der Waals surface area contributed by atoms with Crippen LogP contribution in [0.3, 0.4) is 0 Å². The summed E-state index contributed by atoms with van der Waals surface area (Å²) >= 11 is 0. The third kappa shape index (κ3) is 4.02. The minimum Gasteiger partial charge on any atom is -0.469 e. The van der Waals surface area contributed by atoms with E-state index in [9.17, 15) is 4.79 Å². The Balaban J connectivity index is 2.40. The topological polar surface area (TPSA) is 55.6 Å². The number of ether oxygens (including phenoxy) is 1. The minimum atomic E-state index is -0.188. The zero-order valence-corrected chi connectivity index (χ0v) is 10.0. The fourth-order valence-electron chi connectivity index (χ4n) is 1.41. The van der Waals surface area contributed by atoms with Crippen LogP contribution in [0.1, 0.15) is 24.8 Å². The van der Waals surface area contributed by atoms with Crippen LogP contribution >= 0.6 is 0 Å². The molecule has 0 bridgehead atoms. The highest BCUT2D eigenvalue weighted by molar-refractivity contribution is 5.69. The quantitative estimate of drug-likeness (QED) is 0.686. The minimum absolute atomic E-state index is 0.188. The summed E-state index contributed by atoms with van der Waals surface area (Å²) in [6, 6.07) is 1.90. The average Bonchev–Trinajstić information content (AvgIpc) is 2.69. The molecule has 1 aromatic heterocycles. The van der Waals surface area contributed by atoms with Gasteiger partial charge in [0.05, 0.1) is 25.8 Å². The van der Waals surface area contributed by atoms with Crippen LogP contribution in [0, 0.1) is 6.92 Å². The van der Waals surface area contributed by atoms with Crippen molar-refractivity contribution in [2.75, 3.05) is 20.2 Å². The fourth-order valence-corrected chi connectivity index (χ4v) is 1.41. The smallest absolute Gasteiger partial charge is 0.306 e. The Morgan fingerprint density at radius 2 is 2.38 bits per heavy atom. The molecule has 1 heterocycles. The van der Waals surface area contributed by atoms with E-state index in [-0.39, 0.29) is 5.97 Å². The van der Waals surface area contributed by atoms with Gasteiger partial charge in [0.15, 0.2) is 5.76 Å². The van der Waals surface area contributed by atoms with Gasteiger partial charge in [-0.3, -0.25) is 9.69 Å². The maximum absolute atomic E-state index is 11.0. The third-order valence-corrected chi connectivity index (χ3v) is 2.36. The van der Waals surface area contributed by atoms with Crippen molar-refractivity contribution in [1.29, 1.82) is 0 Å². The summed E-state index contributed by atoms with van der Waals surface area (Å²) in [5, 5.41) is 3.82. The zero-order chi connectivity index (χ0) is 12.0. The van der Waals surface area contributed by atoms with Gasteiger partial charge in [0.25, 0.3) is 0 Å². The third-order valence-electron chi connectivity index (χ3n) is 2.36. The van der Waals surface area contributed by atoms with Crippen molar-refractivity contribution >= 4 is 5.97 Å². The number of aryl methyl sites for hydroxylation is 1. The highest BCUT2D eigenvalue weighted by Crippen LogP contribution is 2.06. The summed E-state index contributed by atoms with van der Waals surface area (Å²) in [6.45, 7) is 6.13. The number of hydrogen-bond donors (Lipinski definition) is 0. The van der Waals surface area contributed by atoms with Gasteiger partial charge in [-0.1, -0.05) is 12.1 Å². The monoisotopic (exact) mass is 226 g/mol. The van der Waals surface area contributed by atoms with Crippen molar-refractivity contribution in [2.45, 2.75) is 26.8 Å². The summed E-state index contributed by atoms with van der Waals surface area (Å²) < 4.78 is 9.72. The molecular formula is C11H18N2O3. The molecule has 0 saturated heterocycles. The maximum Gasteiger partial charge on any atom is 0.306 e. The maximum atomic E-state index is 11.0. The van der Waals surface area contributed by atoms with E-state index < -0.39 is 0 Å². The molecule has 0 unspecified atom stereocenters. The van der Waals surface area contributed by atoms with Gasteiger partial charge in [-0.2, -0.15) is 0 Å². The van der Waals surface area contributed by atoms with Crippen LogP contribution in [0.2, 0.25) is 0 Å². The Bertz CT molecular complexity index is 336. The van der Waals surface area contributed by atoms with Crippen LogP contribution in [0.15, 0.2) is 10.6 Å². The van der Waals surface area contributed by atoms with Crippen molar-refractivity contribution < 1.29 is 14.1 Å². The van der Waals surface area contributed by atoms with E-state index in [1.807, 2.05) is 19.9 Å². The lowest BCUT2D eigenvalue weighted by Crippen LogP contribution is -2.25. The predicted molar refractivity (Wildman–Crippen MR) is 58.8 cm³/mol. The van der Waals surface area contributed by atoms with Crippen molar-refractivity contribution in [3.05, 3.63) is 17.5 Å². The molecule has 0 aromatic carbocycles. The first-order valence-corrected chi connectivity index (χ1v) is 5.37. The van der Waals surface area contributed by atoms with Crippen molar-refractivity contribution in [2.24, 2.45) is 0 Å². The molecule has 0 spiro atoms. The molecule has 0 atom stereocenters. The zero-order valence-electron chi connectivity index (χ0n) is 10.0. The van der Waals surface area contributed by atoms with Gasteiger partial charge in [0, 0.05) is 12.6 Å². The molecule has 90 valence electrons. The SMILES string of the molecule is CCN(CCC(=O)OC)Cc1cc(C)no1. The fraction of sp³-hybridized carbons (Fsp3) is 0.636. The second-order valence-corrected chi connectivity index (χ2v) is 3.63. The molecule has 0 aliphatic carbocycles. The normalized spacial score (nSPS) is 10.8. The predicted octanol–water partition coefficient (Wildman–Crippen LogP) is 1.37. The van der Waals surface area contributed by atoms with E-state index in [2.05, 4.69) is 14.8 Å². The van der Waals surface area contributed by atoms with E-state index in [1.54, 1.807) is 0 Å². The molecule has 5 nitrogen and oxygen atoms in total. The van der Waals surface area contributed by atoms with Gasteiger partial charge < -0.3 is 9.26 Å². The second-order valence-electron chi connectivity index (χ2n) is 3.63. The number of carbonyl (C=O) groups is 1. The van der Waals surface area contributed by atoms with Crippen LogP contribution in [-0.4, -0.2) is 36.2 Å². The molecule has 0 N–H and O–H groups in total. The summed E-state index contributed by atoms with van der Waals surface area (Å²) in [6.07, 6.45) is 0.400. The number of methoxy groups -OCH3 is 1. The van der Waals surface area contributed by atoms with Crippen LogP contribution < -0.4 is 0 Å². The highest BCUT2D eigenvalue weighted by Gasteiger charge is 2.10. The number of esters is 1. The molecular weight excluding hydrogens is 208 g/mol. The Morgan fingerprint density at radius 3 is 2.88 bits per heavy atom. The molecule has 1 rings (SSSR count). The van der Waals surface area contributed by atoms with Crippen LogP contribution in [-0.2, 0) is 16.1 Å². The molecule has 0 radical (unpaired) electrons. The van der Waals surface area contributed by atoms with E-state index in [1.165, 1.54) is 7.11 Å². The molecule has 0 aliphatic heterocycles. The first kappa shape index (κ1) is 12.7. The summed E-state index contributed by atoms with van der Waals surface area (Å²) in [7, 11) is 1.40. The largest absolute Gasteiger partial charge is 0.469 e. The van der Waals surface area contributed by atoms with Gasteiger partial charge in [0.2, 0.25) is 0 Å². The Morgan fingerprint density at radius 1 is 1.62 bits per heavy atom. The second kappa shape index (κ2) is 6.27. The van der Waals surface area contributed by atoms with Crippen LogP contribution in [0.25, 0.3) is 0 Å².